The predicted molar refractivity (Wildman–Crippen MR) is 81.5 cm³/mol. The van der Waals surface area contributed by atoms with E-state index in [1.807, 2.05) is 0 Å². The van der Waals surface area contributed by atoms with Gasteiger partial charge in [0.15, 0.2) is 0 Å². The third kappa shape index (κ3) is 2.03. The summed E-state index contributed by atoms with van der Waals surface area (Å²) in [5.74, 6) is 0.693. The lowest BCUT2D eigenvalue weighted by Gasteiger charge is -2.51. The molecule has 1 heterocycles. The molecule has 0 bridgehead atoms. The van der Waals surface area contributed by atoms with Crippen molar-refractivity contribution in [1.82, 2.24) is 5.32 Å². The summed E-state index contributed by atoms with van der Waals surface area (Å²) in [7, 11) is 0. The molecule has 19 heavy (non-hydrogen) atoms. The van der Waals surface area contributed by atoms with Crippen molar-refractivity contribution in [3.8, 4) is 0 Å². The molecular weight excluding hydrogens is 230 g/mol. The van der Waals surface area contributed by atoms with Gasteiger partial charge in [0.25, 0.3) is 0 Å². The van der Waals surface area contributed by atoms with Crippen LogP contribution in [0.25, 0.3) is 0 Å². The molecule has 2 unspecified atom stereocenters. The summed E-state index contributed by atoms with van der Waals surface area (Å²) in [4.78, 5) is 0. The van der Waals surface area contributed by atoms with E-state index in [4.69, 9.17) is 0 Å². The average Bonchev–Trinajstić information content (AvgIpc) is 2.66. The van der Waals surface area contributed by atoms with Crippen molar-refractivity contribution in [3.05, 3.63) is 35.4 Å². The third-order valence-corrected chi connectivity index (χ3v) is 5.98. The highest BCUT2D eigenvalue weighted by Gasteiger charge is 2.54. The number of hydrogen-bond donors (Lipinski definition) is 1. The average molecular weight is 257 g/mol. The summed E-state index contributed by atoms with van der Waals surface area (Å²) >= 11 is 0. The van der Waals surface area contributed by atoms with E-state index in [2.05, 4.69) is 50.4 Å². The van der Waals surface area contributed by atoms with Crippen molar-refractivity contribution in [2.75, 3.05) is 13.1 Å². The van der Waals surface area contributed by atoms with Crippen LogP contribution in [0.15, 0.2) is 24.3 Å². The van der Waals surface area contributed by atoms with Crippen LogP contribution in [-0.2, 0) is 0 Å². The summed E-state index contributed by atoms with van der Waals surface area (Å²) in [6.45, 7) is 9.59. The number of hydrogen-bond acceptors (Lipinski definition) is 1. The van der Waals surface area contributed by atoms with Crippen molar-refractivity contribution >= 4 is 0 Å². The maximum absolute atomic E-state index is 3.64. The highest BCUT2D eigenvalue weighted by atomic mass is 14.9. The van der Waals surface area contributed by atoms with E-state index in [1.165, 1.54) is 37.8 Å². The zero-order valence-electron chi connectivity index (χ0n) is 12.6. The van der Waals surface area contributed by atoms with Gasteiger partial charge >= 0.3 is 0 Å². The summed E-state index contributed by atoms with van der Waals surface area (Å²) in [5.41, 5.74) is 3.96. The van der Waals surface area contributed by atoms with Gasteiger partial charge in [-0.2, -0.15) is 0 Å². The van der Waals surface area contributed by atoms with Crippen LogP contribution in [0.1, 0.15) is 56.6 Å². The molecular formula is C18H27N. The van der Waals surface area contributed by atoms with Crippen LogP contribution in [0, 0.1) is 17.8 Å². The van der Waals surface area contributed by atoms with Crippen LogP contribution in [0.4, 0.5) is 0 Å². The minimum Gasteiger partial charge on any atom is -0.316 e. The molecule has 1 spiro atoms. The first-order valence-corrected chi connectivity index (χ1v) is 7.82. The van der Waals surface area contributed by atoms with E-state index < -0.39 is 0 Å². The van der Waals surface area contributed by atoms with Gasteiger partial charge in [-0.05, 0) is 49.1 Å². The summed E-state index contributed by atoms with van der Waals surface area (Å²) < 4.78 is 0. The fourth-order valence-electron chi connectivity index (χ4n) is 4.79. The molecule has 1 aromatic rings. The molecule has 1 aliphatic heterocycles. The SMILES string of the molecule is Cc1cccc(C2CNCCC23CCCC3(C)C)c1. The van der Waals surface area contributed by atoms with Gasteiger partial charge in [-0.3, -0.25) is 0 Å². The molecule has 1 nitrogen and oxygen atoms in total. The third-order valence-electron chi connectivity index (χ3n) is 5.98. The molecule has 3 rings (SSSR count). The van der Waals surface area contributed by atoms with Crippen molar-refractivity contribution in [3.63, 3.8) is 0 Å². The lowest BCUT2D eigenvalue weighted by Crippen LogP contribution is -2.48. The lowest BCUT2D eigenvalue weighted by atomic mass is 9.56. The Hall–Kier alpha value is -0.820. The van der Waals surface area contributed by atoms with E-state index in [-0.39, 0.29) is 0 Å². The van der Waals surface area contributed by atoms with E-state index in [0.717, 1.165) is 6.54 Å². The zero-order chi connectivity index (χ0) is 13.5. The maximum atomic E-state index is 3.64. The molecule has 2 aliphatic rings. The molecule has 1 N–H and O–H groups in total. The zero-order valence-corrected chi connectivity index (χ0v) is 12.6. The van der Waals surface area contributed by atoms with Gasteiger partial charge in [0, 0.05) is 12.5 Å². The van der Waals surface area contributed by atoms with E-state index in [0.29, 0.717) is 16.7 Å². The fourth-order valence-corrected chi connectivity index (χ4v) is 4.79. The Morgan fingerprint density at radius 3 is 2.68 bits per heavy atom. The first kappa shape index (κ1) is 13.2. The molecule has 104 valence electrons. The van der Waals surface area contributed by atoms with E-state index in [9.17, 15) is 0 Å². The second kappa shape index (κ2) is 4.63. The van der Waals surface area contributed by atoms with Gasteiger partial charge in [0.05, 0.1) is 0 Å². The Morgan fingerprint density at radius 1 is 1.16 bits per heavy atom. The van der Waals surface area contributed by atoms with Crippen LogP contribution in [-0.4, -0.2) is 13.1 Å². The smallest absolute Gasteiger partial charge is 0.00257 e. The molecule has 1 saturated carbocycles. The summed E-state index contributed by atoms with van der Waals surface area (Å²) in [6.07, 6.45) is 5.57. The highest BCUT2D eigenvalue weighted by molar-refractivity contribution is 5.30. The predicted octanol–water partition coefficient (Wildman–Crippen LogP) is 4.27. The monoisotopic (exact) mass is 257 g/mol. The quantitative estimate of drug-likeness (QED) is 0.792. The number of benzene rings is 1. The minimum absolute atomic E-state index is 0.490. The van der Waals surface area contributed by atoms with Crippen LogP contribution in [0.2, 0.25) is 0 Å². The lowest BCUT2D eigenvalue weighted by molar-refractivity contribution is 0.0419. The van der Waals surface area contributed by atoms with Gasteiger partial charge in [-0.1, -0.05) is 50.1 Å². The van der Waals surface area contributed by atoms with Gasteiger partial charge in [-0.25, -0.2) is 0 Å². The van der Waals surface area contributed by atoms with Gasteiger partial charge in [0.2, 0.25) is 0 Å². The van der Waals surface area contributed by atoms with Gasteiger partial charge in [0.1, 0.15) is 0 Å². The Morgan fingerprint density at radius 2 is 2.00 bits per heavy atom. The molecule has 2 fully saturated rings. The van der Waals surface area contributed by atoms with Crippen molar-refractivity contribution in [1.29, 1.82) is 0 Å². The standard InChI is InChI=1S/C18H27N/c1-14-6-4-7-15(12-14)16-13-19-11-10-18(16)9-5-8-17(18,2)3/h4,6-7,12,16,19H,5,8-11,13H2,1-3H3. The molecule has 0 amide bonds. The van der Waals surface area contributed by atoms with Crippen LogP contribution < -0.4 is 5.32 Å². The number of piperidine rings is 1. The summed E-state index contributed by atoms with van der Waals surface area (Å²) in [6, 6.07) is 9.20. The second-order valence-electron chi connectivity index (χ2n) is 7.31. The Balaban J connectivity index is 2.02. The number of nitrogens with one attached hydrogen (secondary N) is 1. The molecule has 1 saturated heterocycles. The summed E-state index contributed by atoms with van der Waals surface area (Å²) in [5, 5.41) is 3.64. The number of aryl methyl sites for hydroxylation is 1. The van der Waals surface area contributed by atoms with E-state index >= 15 is 0 Å². The maximum Gasteiger partial charge on any atom is 0.00257 e. The molecule has 1 heteroatoms. The van der Waals surface area contributed by atoms with E-state index in [1.54, 1.807) is 5.56 Å². The fraction of sp³-hybridized carbons (Fsp3) is 0.667. The Bertz CT molecular complexity index is 463. The first-order valence-electron chi connectivity index (χ1n) is 7.82. The number of rotatable bonds is 1. The van der Waals surface area contributed by atoms with Crippen molar-refractivity contribution < 1.29 is 0 Å². The topological polar surface area (TPSA) is 12.0 Å². The molecule has 0 aromatic heterocycles. The Labute approximate surface area is 117 Å². The Kier molecular flexibility index (Phi) is 3.21. The molecule has 0 radical (unpaired) electrons. The van der Waals surface area contributed by atoms with Crippen LogP contribution in [0.3, 0.4) is 0 Å². The second-order valence-corrected chi connectivity index (χ2v) is 7.31. The molecule has 1 aliphatic carbocycles. The highest BCUT2D eigenvalue weighted by Crippen LogP contribution is 2.62. The van der Waals surface area contributed by atoms with Crippen LogP contribution >= 0.6 is 0 Å². The van der Waals surface area contributed by atoms with Crippen molar-refractivity contribution in [2.24, 2.45) is 10.8 Å². The normalized spacial score (nSPS) is 33.7. The van der Waals surface area contributed by atoms with Crippen molar-refractivity contribution in [2.45, 2.75) is 52.4 Å². The van der Waals surface area contributed by atoms with Gasteiger partial charge < -0.3 is 5.32 Å². The van der Waals surface area contributed by atoms with Crippen LogP contribution in [0.5, 0.6) is 0 Å². The first-order chi connectivity index (χ1) is 9.05. The van der Waals surface area contributed by atoms with Gasteiger partial charge in [-0.15, -0.1) is 0 Å². The molecule has 2 atom stereocenters. The largest absolute Gasteiger partial charge is 0.316 e. The molecule has 1 aromatic carbocycles. The minimum atomic E-state index is 0.490.